The number of ketones is 2. The quantitative estimate of drug-likeness (QED) is 0.748. The average Bonchev–Trinajstić information content (AvgIpc) is 2.54. The molecule has 1 aliphatic carbocycles. The van der Waals surface area contributed by atoms with Crippen LogP contribution in [0.5, 0.6) is 11.5 Å². The number of carbonyl (C=O) groups excluding carboxylic acids is 2. The molecule has 0 bridgehead atoms. The van der Waals surface area contributed by atoms with E-state index >= 15 is 0 Å². The summed E-state index contributed by atoms with van der Waals surface area (Å²) in [6.45, 7) is 0. The van der Waals surface area contributed by atoms with Crippen LogP contribution in [0.4, 0.5) is 4.39 Å². The Bertz CT molecular complexity index is 796. The van der Waals surface area contributed by atoms with E-state index in [1.54, 1.807) is 6.07 Å². The van der Waals surface area contributed by atoms with Gasteiger partial charge >= 0.3 is 0 Å². The van der Waals surface area contributed by atoms with Gasteiger partial charge in [0.15, 0.2) is 0 Å². The molecule has 4 rings (SSSR count). The average molecular weight is 310 g/mol. The lowest BCUT2D eigenvalue weighted by Gasteiger charge is -2.34. The Balaban J connectivity index is 1.92. The first-order valence-electron chi connectivity index (χ1n) is 7.77. The van der Waals surface area contributed by atoms with Gasteiger partial charge in [-0.3, -0.25) is 9.59 Å². The number of fused-ring (bicyclic) bond motifs is 2. The van der Waals surface area contributed by atoms with E-state index in [-0.39, 0.29) is 11.6 Å². The van der Waals surface area contributed by atoms with Crippen LogP contribution in [-0.2, 0) is 9.59 Å². The van der Waals surface area contributed by atoms with Crippen molar-refractivity contribution >= 4 is 11.6 Å². The first-order chi connectivity index (χ1) is 11.1. The lowest BCUT2D eigenvalue weighted by atomic mass is 9.71. The molecule has 2 aliphatic rings. The molecule has 0 aromatic heterocycles. The predicted molar refractivity (Wildman–Crippen MR) is 82.1 cm³/mol. The van der Waals surface area contributed by atoms with Crippen molar-refractivity contribution in [3.63, 3.8) is 0 Å². The van der Waals surface area contributed by atoms with Gasteiger partial charge in [-0.05, 0) is 30.7 Å². The summed E-state index contributed by atoms with van der Waals surface area (Å²) in [5.41, 5.74) is 1.36. The van der Waals surface area contributed by atoms with Crippen LogP contribution in [0.15, 0.2) is 42.5 Å². The van der Waals surface area contributed by atoms with E-state index in [4.69, 9.17) is 4.74 Å². The minimum atomic E-state index is -0.741. The maximum absolute atomic E-state index is 13.8. The van der Waals surface area contributed by atoms with E-state index in [0.29, 0.717) is 36.3 Å². The molecular formula is C19H15FO3. The standard InChI is InChI=1S/C19H15FO3/c20-11-8-9-17-13(10-11)18(12-4-1-2-7-16(12)23-17)19-14(21)5-3-6-15(19)22/h1-2,4,7-10,18-19H,3,5-6H2/t18-/m1/s1. The number of benzene rings is 2. The molecule has 1 aliphatic heterocycles. The van der Waals surface area contributed by atoms with Gasteiger partial charge in [0.05, 0.1) is 5.92 Å². The Labute approximate surface area is 133 Å². The van der Waals surface area contributed by atoms with Crippen LogP contribution in [0.3, 0.4) is 0 Å². The molecule has 1 fully saturated rings. The normalized spacial score (nSPS) is 20.7. The van der Waals surface area contributed by atoms with E-state index in [9.17, 15) is 14.0 Å². The maximum atomic E-state index is 13.8. The highest BCUT2D eigenvalue weighted by atomic mass is 19.1. The Morgan fingerprint density at radius 2 is 1.57 bits per heavy atom. The smallest absolute Gasteiger partial charge is 0.144 e. The monoisotopic (exact) mass is 310 g/mol. The molecule has 1 saturated carbocycles. The molecule has 2 aromatic carbocycles. The highest BCUT2D eigenvalue weighted by Crippen LogP contribution is 2.49. The number of rotatable bonds is 1. The van der Waals surface area contributed by atoms with Crippen LogP contribution in [0.1, 0.15) is 36.3 Å². The maximum Gasteiger partial charge on any atom is 0.144 e. The number of para-hydroxylation sites is 1. The minimum absolute atomic E-state index is 0.0573. The van der Waals surface area contributed by atoms with E-state index in [1.165, 1.54) is 12.1 Å². The van der Waals surface area contributed by atoms with Crippen molar-refractivity contribution in [3.8, 4) is 11.5 Å². The van der Waals surface area contributed by atoms with Gasteiger partial charge in [-0.25, -0.2) is 4.39 Å². The van der Waals surface area contributed by atoms with E-state index in [0.717, 1.165) is 5.56 Å². The van der Waals surface area contributed by atoms with Gasteiger partial charge in [-0.1, -0.05) is 18.2 Å². The molecule has 0 unspecified atom stereocenters. The first-order valence-corrected chi connectivity index (χ1v) is 7.77. The summed E-state index contributed by atoms with van der Waals surface area (Å²) in [5, 5.41) is 0. The van der Waals surface area contributed by atoms with Gasteiger partial charge in [0.2, 0.25) is 0 Å². The third-order valence-corrected chi connectivity index (χ3v) is 4.65. The Hall–Kier alpha value is -2.49. The summed E-state index contributed by atoms with van der Waals surface area (Å²) in [5.74, 6) is -0.576. The second-order valence-corrected chi connectivity index (χ2v) is 6.06. The molecule has 0 radical (unpaired) electrons. The fourth-order valence-electron chi connectivity index (χ4n) is 3.63. The van der Waals surface area contributed by atoms with Crippen LogP contribution in [0, 0.1) is 11.7 Å². The van der Waals surface area contributed by atoms with Crippen molar-refractivity contribution in [1.82, 2.24) is 0 Å². The number of ether oxygens (including phenoxy) is 1. The molecular weight excluding hydrogens is 295 g/mol. The van der Waals surface area contributed by atoms with Gasteiger partial charge in [-0.15, -0.1) is 0 Å². The van der Waals surface area contributed by atoms with Crippen molar-refractivity contribution in [3.05, 3.63) is 59.4 Å². The summed E-state index contributed by atoms with van der Waals surface area (Å²) < 4.78 is 19.6. The van der Waals surface area contributed by atoms with Crippen molar-refractivity contribution in [2.75, 3.05) is 0 Å². The molecule has 23 heavy (non-hydrogen) atoms. The van der Waals surface area contributed by atoms with Crippen LogP contribution >= 0.6 is 0 Å². The molecule has 1 atom stereocenters. The van der Waals surface area contributed by atoms with E-state index in [2.05, 4.69) is 0 Å². The van der Waals surface area contributed by atoms with Crippen LogP contribution in [0.25, 0.3) is 0 Å². The fourth-order valence-corrected chi connectivity index (χ4v) is 3.63. The van der Waals surface area contributed by atoms with Crippen molar-refractivity contribution in [2.45, 2.75) is 25.2 Å². The molecule has 2 aromatic rings. The molecule has 0 N–H and O–H groups in total. The summed E-state index contributed by atoms with van der Waals surface area (Å²) in [6, 6.07) is 11.6. The first kappa shape index (κ1) is 14.1. The second kappa shape index (κ2) is 5.30. The molecule has 0 spiro atoms. The number of carbonyl (C=O) groups is 2. The molecule has 4 heteroatoms. The zero-order valence-corrected chi connectivity index (χ0v) is 12.4. The Morgan fingerprint density at radius 3 is 2.35 bits per heavy atom. The summed E-state index contributed by atoms with van der Waals surface area (Å²) in [6.07, 6.45) is 1.41. The SMILES string of the molecule is O=C1CCCC(=O)C1[C@@H]1c2ccccc2Oc2ccc(F)cc21. The highest BCUT2D eigenvalue weighted by Gasteiger charge is 2.42. The number of halogens is 1. The lowest BCUT2D eigenvalue weighted by molar-refractivity contribution is -0.136. The van der Waals surface area contributed by atoms with Crippen molar-refractivity contribution in [2.24, 2.45) is 5.92 Å². The van der Waals surface area contributed by atoms with Crippen molar-refractivity contribution < 1.29 is 18.7 Å². The van der Waals surface area contributed by atoms with Gasteiger partial charge in [0.25, 0.3) is 0 Å². The lowest BCUT2D eigenvalue weighted by Crippen LogP contribution is -2.35. The molecule has 1 heterocycles. The molecule has 3 nitrogen and oxygen atoms in total. The second-order valence-electron chi connectivity index (χ2n) is 6.06. The van der Waals surface area contributed by atoms with Gasteiger partial charge in [0, 0.05) is 29.9 Å². The van der Waals surface area contributed by atoms with E-state index in [1.807, 2.05) is 24.3 Å². The Kier molecular flexibility index (Phi) is 3.26. The third-order valence-electron chi connectivity index (χ3n) is 4.65. The van der Waals surface area contributed by atoms with Crippen LogP contribution < -0.4 is 4.74 Å². The molecule has 0 saturated heterocycles. The summed E-state index contributed by atoms with van der Waals surface area (Å²) >= 11 is 0. The van der Waals surface area contributed by atoms with E-state index < -0.39 is 17.7 Å². The van der Waals surface area contributed by atoms with Crippen molar-refractivity contribution in [1.29, 1.82) is 0 Å². The number of Topliss-reactive ketones (excluding diaryl/α,β-unsaturated/α-hetero) is 2. The fraction of sp³-hybridized carbons (Fsp3) is 0.263. The van der Waals surface area contributed by atoms with Crippen LogP contribution in [-0.4, -0.2) is 11.6 Å². The number of hydrogen-bond donors (Lipinski definition) is 0. The predicted octanol–water partition coefficient (Wildman–Crippen LogP) is 4.00. The minimum Gasteiger partial charge on any atom is -0.457 e. The summed E-state index contributed by atoms with van der Waals surface area (Å²) in [4.78, 5) is 24.9. The highest BCUT2D eigenvalue weighted by molar-refractivity contribution is 6.06. The Morgan fingerprint density at radius 1 is 0.870 bits per heavy atom. The number of hydrogen-bond acceptors (Lipinski definition) is 3. The van der Waals surface area contributed by atoms with Gasteiger partial charge in [0.1, 0.15) is 28.9 Å². The molecule has 0 amide bonds. The summed E-state index contributed by atoms with van der Waals surface area (Å²) in [7, 11) is 0. The largest absolute Gasteiger partial charge is 0.457 e. The van der Waals surface area contributed by atoms with Gasteiger partial charge < -0.3 is 4.74 Å². The molecule has 116 valence electrons. The zero-order chi connectivity index (χ0) is 16.0. The zero-order valence-electron chi connectivity index (χ0n) is 12.4. The topological polar surface area (TPSA) is 43.4 Å². The van der Waals surface area contributed by atoms with Gasteiger partial charge in [-0.2, -0.15) is 0 Å². The van der Waals surface area contributed by atoms with Crippen LogP contribution in [0.2, 0.25) is 0 Å². The third kappa shape index (κ3) is 2.25.